The minimum atomic E-state index is -0.532. The summed E-state index contributed by atoms with van der Waals surface area (Å²) in [6.07, 6.45) is 1.58. The van der Waals surface area contributed by atoms with Crippen LogP contribution in [0.15, 0.2) is 71.6 Å². The molecule has 0 unspecified atom stereocenters. The summed E-state index contributed by atoms with van der Waals surface area (Å²) >= 11 is 7.03. The van der Waals surface area contributed by atoms with E-state index in [0.29, 0.717) is 27.5 Å². The lowest BCUT2D eigenvalue weighted by Gasteiger charge is -2.13. The highest BCUT2D eigenvalue weighted by Crippen LogP contribution is 2.36. The summed E-state index contributed by atoms with van der Waals surface area (Å²) in [7, 11) is 1.47. The van der Waals surface area contributed by atoms with E-state index >= 15 is 0 Å². The van der Waals surface area contributed by atoms with Gasteiger partial charge < -0.3 is 9.47 Å². The number of halogens is 1. The lowest BCUT2D eigenvalue weighted by molar-refractivity contribution is -0.123. The van der Waals surface area contributed by atoms with Crippen LogP contribution in [0.5, 0.6) is 11.5 Å². The van der Waals surface area contributed by atoms with Crippen molar-refractivity contribution in [3.05, 3.63) is 98.9 Å². The molecule has 3 aromatic carbocycles. The van der Waals surface area contributed by atoms with Crippen LogP contribution in [0.25, 0.3) is 6.08 Å². The van der Waals surface area contributed by atoms with Crippen LogP contribution in [0.2, 0.25) is 5.02 Å². The maximum absolute atomic E-state index is 12.9. The van der Waals surface area contributed by atoms with Crippen LogP contribution in [0.1, 0.15) is 27.0 Å². The predicted molar refractivity (Wildman–Crippen MR) is 132 cm³/mol. The van der Waals surface area contributed by atoms with Crippen molar-refractivity contribution in [3.63, 3.8) is 0 Å². The molecule has 1 aliphatic heterocycles. The number of amides is 2. The Bertz CT molecular complexity index is 1300. The first-order valence-corrected chi connectivity index (χ1v) is 11.5. The normalized spacial score (nSPS) is 14.6. The molecule has 0 N–H and O–H groups in total. The number of nitrogens with zero attached hydrogens (tertiary/aromatic N) is 1. The Hall–Kier alpha value is -3.55. The van der Waals surface area contributed by atoms with Crippen molar-refractivity contribution in [1.82, 2.24) is 4.90 Å². The first kappa shape index (κ1) is 23.6. The fourth-order valence-electron chi connectivity index (χ4n) is 3.30. The number of aryl methyl sites for hydroxylation is 1. The van der Waals surface area contributed by atoms with E-state index in [0.717, 1.165) is 22.2 Å². The fraction of sp³-hybridized carbons (Fsp3) is 0.115. The van der Waals surface area contributed by atoms with Crippen molar-refractivity contribution < 1.29 is 23.9 Å². The van der Waals surface area contributed by atoms with Crippen LogP contribution < -0.4 is 9.47 Å². The second-order valence-electron chi connectivity index (χ2n) is 7.53. The Morgan fingerprint density at radius 2 is 1.76 bits per heavy atom. The molecule has 1 fully saturated rings. The van der Waals surface area contributed by atoms with Crippen LogP contribution in [0.3, 0.4) is 0 Å². The van der Waals surface area contributed by atoms with Crippen LogP contribution in [0.4, 0.5) is 4.79 Å². The maximum atomic E-state index is 12.9. The molecule has 4 rings (SSSR count). The van der Waals surface area contributed by atoms with Gasteiger partial charge in [0, 0.05) is 5.02 Å². The van der Waals surface area contributed by atoms with E-state index in [-0.39, 0.29) is 22.4 Å². The first-order chi connectivity index (χ1) is 16.4. The summed E-state index contributed by atoms with van der Waals surface area (Å²) in [6.45, 7) is 2.02. The van der Waals surface area contributed by atoms with Gasteiger partial charge in [0.25, 0.3) is 11.1 Å². The number of methoxy groups -OCH3 is 1. The minimum absolute atomic E-state index is 0.0870. The van der Waals surface area contributed by atoms with Crippen molar-refractivity contribution >= 4 is 46.6 Å². The summed E-state index contributed by atoms with van der Waals surface area (Å²) in [5.41, 5.74) is 2.69. The molecule has 0 bridgehead atoms. The number of hydrogen-bond acceptors (Lipinski definition) is 6. The Morgan fingerprint density at radius 3 is 2.47 bits per heavy atom. The van der Waals surface area contributed by atoms with Crippen LogP contribution in [-0.4, -0.2) is 29.1 Å². The van der Waals surface area contributed by atoms with Gasteiger partial charge in [0.2, 0.25) is 0 Å². The molecule has 0 radical (unpaired) electrons. The Kier molecular flexibility index (Phi) is 7.05. The number of carbonyl (C=O) groups is 3. The number of benzene rings is 3. The maximum Gasteiger partial charge on any atom is 0.343 e. The number of ether oxygens (including phenoxy) is 2. The largest absolute Gasteiger partial charge is 0.493 e. The van der Waals surface area contributed by atoms with Gasteiger partial charge in [-0.05, 0) is 66.2 Å². The highest BCUT2D eigenvalue weighted by molar-refractivity contribution is 8.18. The molecule has 1 saturated heterocycles. The fourth-order valence-corrected chi connectivity index (χ4v) is 4.33. The Labute approximate surface area is 206 Å². The monoisotopic (exact) mass is 493 g/mol. The van der Waals surface area contributed by atoms with E-state index in [4.69, 9.17) is 21.1 Å². The van der Waals surface area contributed by atoms with Gasteiger partial charge in [-0.25, -0.2) is 4.79 Å². The molecule has 0 spiro atoms. The molecular formula is C26H20ClNO5S. The number of hydrogen-bond donors (Lipinski definition) is 0. The molecule has 0 aliphatic carbocycles. The van der Waals surface area contributed by atoms with Gasteiger partial charge in [-0.1, -0.05) is 53.6 Å². The van der Waals surface area contributed by atoms with Crippen LogP contribution >= 0.6 is 23.4 Å². The van der Waals surface area contributed by atoms with Crippen LogP contribution in [0, 0.1) is 6.92 Å². The second kappa shape index (κ2) is 10.2. The third-order valence-corrected chi connectivity index (χ3v) is 6.41. The summed E-state index contributed by atoms with van der Waals surface area (Å²) in [5, 5.41) is 0.108. The molecule has 1 aliphatic rings. The molecular weight excluding hydrogens is 474 g/mol. The van der Waals surface area contributed by atoms with Crippen molar-refractivity contribution in [2.24, 2.45) is 0 Å². The standard InChI is InChI=1S/C26H20ClNO5S/c1-16-7-10-18(11-8-16)25(30)33-22-13-17(9-12-21(22)32-2)14-23-24(29)28(26(31)34-23)15-19-5-3-4-6-20(19)27/h3-14H,15H2,1-2H3/b23-14-. The van der Waals surface area contributed by atoms with E-state index in [1.54, 1.807) is 60.7 Å². The number of imide groups is 1. The average Bonchev–Trinajstić information content (AvgIpc) is 3.08. The van der Waals surface area contributed by atoms with Crippen molar-refractivity contribution in [1.29, 1.82) is 0 Å². The lowest BCUT2D eigenvalue weighted by atomic mass is 10.1. The lowest BCUT2D eigenvalue weighted by Crippen LogP contribution is -2.27. The van der Waals surface area contributed by atoms with E-state index in [1.807, 2.05) is 19.1 Å². The highest BCUT2D eigenvalue weighted by atomic mass is 35.5. The van der Waals surface area contributed by atoms with E-state index in [2.05, 4.69) is 0 Å². The van der Waals surface area contributed by atoms with Crippen molar-refractivity contribution in [2.75, 3.05) is 7.11 Å². The van der Waals surface area contributed by atoms with Gasteiger partial charge in [-0.15, -0.1) is 0 Å². The molecule has 172 valence electrons. The van der Waals surface area contributed by atoms with E-state index in [9.17, 15) is 14.4 Å². The van der Waals surface area contributed by atoms with Gasteiger partial charge in [0.15, 0.2) is 11.5 Å². The van der Waals surface area contributed by atoms with Crippen LogP contribution in [-0.2, 0) is 11.3 Å². The topological polar surface area (TPSA) is 72.9 Å². The predicted octanol–water partition coefficient (Wildman–Crippen LogP) is 6.11. The molecule has 34 heavy (non-hydrogen) atoms. The SMILES string of the molecule is COc1ccc(/C=C2\SC(=O)N(Cc3ccccc3Cl)C2=O)cc1OC(=O)c1ccc(C)cc1. The zero-order valence-corrected chi connectivity index (χ0v) is 20.0. The summed E-state index contributed by atoms with van der Waals surface area (Å²) < 4.78 is 10.9. The van der Waals surface area contributed by atoms with Gasteiger partial charge >= 0.3 is 5.97 Å². The van der Waals surface area contributed by atoms with E-state index in [1.165, 1.54) is 7.11 Å². The zero-order valence-electron chi connectivity index (χ0n) is 18.4. The summed E-state index contributed by atoms with van der Waals surface area (Å²) in [6, 6.07) is 19.0. The van der Waals surface area contributed by atoms with Gasteiger partial charge in [0.05, 0.1) is 24.1 Å². The smallest absolute Gasteiger partial charge is 0.343 e. The quantitative estimate of drug-likeness (QED) is 0.234. The summed E-state index contributed by atoms with van der Waals surface area (Å²) in [5.74, 6) is -0.374. The molecule has 0 atom stereocenters. The molecule has 0 saturated carbocycles. The average molecular weight is 494 g/mol. The zero-order chi connectivity index (χ0) is 24.2. The Balaban J connectivity index is 1.56. The molecule has 3 aromatic rings. The molecule has 0 aromatic heterocycles. The third-order valence-electron chi connectivity index (χ3n) is 5.14. The molecule has 6 nitrogen and oxygen atoms in total. The second-order valence-corrected chi connectivity index (χ2v) is 8.93. The number of carbonyl (C=O) groups excluding carboxylic acids is 3. The third kappa shape index (κ3) is 5.16. The highest BCUT2D eigenvalue weighted by Gasteiger charge is 2.35. The van der Waals surface area contributed by atoms with Gasteiger partial charge in [-0.2, -0.15) is 0 Å². The molecule has 8 heteroatoms. The van der Waals surface area contributed by atoms with Gasteiger partial charge in [0.1, 0.15) is 0 Å². The minimum Gasteiger partial charge on any atom is -0.493 e. The number of esters is 1. The molecule has 1 heterocycles. The number of rotatable bonds is 6. The molecule has 2 amide bonds. The first-order valence-electron chi connectivity index (χ1n) is 10.3. The van der Waals surface area contributed by atoms with E-state index < -0.39 is 11.9 Å². The van der Waals surface area contributed by atoms with Crippen molar-refractivity contribution in [3.8, 4) is 11.5 Å². The van der Waals surface area contributed by atoms with Gasteiger partial charge in [-0.3, -0.25) is 14.5 Å². The Morgan fingerprint density at radius 1 is 1.03 bits per heavy atom. The summed E-state index contributed by atoms with van der Waals surface area (Å²) in [4.78, 5) is 39.4. The number of thioether (sulfide) groups is 1. The van der Waals surface area contributed by atoms with Crippen molar-refractivity contribution in [2.45, 2.75) is 13.5 Å².